The van der Waals surface area contributed by atoms with Gasteiger partial charge in [-0.15, -0.1) is 0 Å². The molecule has 0 bridgehead atoms. The van der Waals surface area contributed by atoms with Crippen molar-refractivity contribution in [1.29, 1.82) is 0 Å². The van der Waals surface area contributed by atoms with Gasteiger partial charge in [-0.1, -0.05) is 0 Å². The first-order chi connectivity index (χ1) is 15.7. The number of hydroxylamine groups is 1. The summed E-state index contributed by atoms with van der Waals surface area (Å²) in [5, 5.41) is 21.6. The fourth-order valence-electron chi connectivity index (χ4n) is 4.99. The zero-order valence-electron chi connectivity index (χ0n) is 17.9. The third-order valence-electron chi connectivity index (χ3n) is 6.88. The zero-order chi connectivity index (χ0) is 23.7. The molecule has 1 saturated heterocycles. The van der Waals surface area contributed by atoms with Crippen molar-refractivity contribution in [2.75, 3.05) is 13.1 Å². The SMILES string of the molecule is O=C(O)c1ccc(Oc2ccc(S(=O)(=O)C3(C(=O)NO)CCC4(CCNCC4)C3)cc2)cc1. The first-order valence-corrected chi connectivity index (χ1v) is 12.2. The van der Waals surface area contributed by atoms with E-state index in [0.29, 0.717) is 17.9 Å². The van der Waals surface area contributed by atoms with Crippen LogP contribution in [0.5, 0.6) is 11.5 Å². The Kier molecular flexibility index (Phi) is 6.17. The van der Waals surface area contributed by atoms with Crippen LogP contribution in [0.25, 0.3) is 0 Å². The lowest BCUT2D eigenvalue weighted by molar-refractivity contribution is -0.132. The van der Waals surface area contributed by atoms with Gasteiger partial charge < -0.3 is 15.2 Å². The highest BCUT2D eigenvalue weighted by molar-refractivity contribution is 7.93. The molecule has 1 unspecified atom stereocenters. The number of sulfone groups is 1. The standard InChI is InChI=1S/C23H26N2O7S/c26-20(27)16-1-3-17(4-2-16)32-18-5-7-19(8-6-18)33(30,31)23(21(28)25-29)10-9-22(15-23)11-13-24-14-12-22/h1-8,24,29H,9-15H2,(H,25,28)(H,26,27). The Balaban J connectivity index is 1.58. The summed E-state index contributed by atoms with van der Waals surface area (Å²) in [4.78, 5) is 23.7. The summed E-state index contributed by atoms with van der Waals surface area (Å²) in [6.07, 6.45) is 2.50. The van der Waals surface area contributed by atoms with E-state index in [0.717, 1.165) is 25.9 Å². The predicted molar refractivity (Wildman–Crippen MR) is 118 cm³/mol. The molecule has 0 radical (unpaired) electrons. The lowest BCUT2D eigenvalue weighted by Gasteiger charge is -2.36. The average molecular weight is 475 g/mol. The van der Waals surface area contributed by atoms with Crippen LogP contribution in [0.1, 0.15) is 42.5 Å². The molecular formula is C23H26N2O7S. The van der Waals surface area contributed by atoms with Crippen molar-refractivity contribution < 1.29 is 33.1 Å². The molecule has 2 aromatic rings. The number of hydrogen-bond acceptors (Lipinski definition) is 7. The number of rotatable bonds is 6. The fraction of sp³-hybridized carbons (Fsp3) is 0.391. The normalized spacial score (nSPS) is 22.1. The number of carbonyl (C=O) groups excluding carboxylic acids is 1. The molecule has 0 aromatic heterocycles. The number of benzene rings is 2. The molecule has 1 saturated carbocycles. The van der Waals surface area contributed by atoms with E-state index >= 15 is 0 Å². The van der Waals surface area contributed by atoms with Gasteiger partial charge in [0.1, 0.15) is 11.5 Å². The molecule has 1 spiro atoms. The second-order valence-corrected chi connectivity index (χ2v) is 11.0. The molecule has 1 aliphatic heterocycles. The van der Waals surface area contributed by atoms with Gasteiger partial charge in [0.25, 0.3) is 5.91 Å². The van der Waals surface area contributed by atoms with Crippen LogP contribution in [0.3, 0.4) is 0 Å². The molecule has 176 valence electrons. The second kappa shape index (κ2) is 8.77. The predicted octanol–water partition coefficient (Wildman–Crippen LogP) is 2.75. The van der Waals surface area contributed by atoms with Crippen LogP contribution in [0, 0.1) is 5.41 Å². The Morgan fingerprint density at radius 3 is 2.03 bits per heavy atom. The second-order valence-electron chi connectivity index (χ2n) is 8.77. The maximum Gasteiger partial charge on any atom is 0.335 e. The monoisotopic (exact) mass is 474 g/mol. The summed E-state index contributed by atoms with van der Waals surface area (Å²) in [5.41, 5.74) is 1.49. The van der Waals surface area contributed by atoms with Gasteiger partial charge in [-0.3, -0.25) is 10.0 Å². The summed E-state index contributed by atoms with van der Waals surface area (Å²) in [7, 11) is -4.11. The summed E-state index contributed by atoms with van der Waals surface area (Å²) >= 11 is 0. The summed E-state index contributed by atoms with van der Waals surface area (Å²) in [5.74, 6) is -1.18. The third-order valence-corrected chi connectivity index (χ3v) is 9.34. The van der Waals surface area contributed by atoms with E-state index in [4.69, 9.17) is 9.84 Å². The van der Waals surface area contributed by atoms with Crippen LogP contribution < -0.4 is 15.5 Å². The van der Waals surface area contributed by atoms with Crippen molar-refractivity contribution in [3.8, 4) is 11.5 Å². The summed E-state index contributed by atoms with van der Waals surface area (Å²) in [6.45, 7) is 1.55. The van der Waals surface area contributed by atoms with Gasteiger partial charge in [0, 0.05) is 0 Å². The number of carbonyl (C=O) groups is 2. The van der Waals surface area contributed by atoms with Crippen molar-refractivity contribution in [2.45, 2.75) is 41.7 Å². The smallest absolute Gasteiger partial charge is 0.335 e. The highest BCUT2D eigenvalue weighted by Crippen LogP contribution is 2.54. The first kappa shape index (κ1) is 23.2. The largest absolute Gasteiger partial charge is 0.478 e. The lowest BCUT2D eigenvalue weighted by atomic mass is 9.77. The molecule has 1 aliphatic carbocycles. The highest BCUT2D eigenvalue weighted by Gasteiger charge is 2.60. The molecule has 2 aliphatic rings. The Hall–Kier alpha value is -2.95. The molecule has 33 heavy (non-hydrogen) atoms. The highest BCUT2D eigenvalue weighted by atomic mass is 32.2. The molecule has 2 aromatic carbocycles. The van der Waals surface area contributed by atoms with E-state index in [9.17, 15) is 23.2 Å². The van der Waals surface area contributed by atoms with Gasteiger partial charge in [-0.2, -0.15) is 0 Å². The number of carboxylic acids is 1. The topological polar surface area (TPSA) is 142 Å². The molecular weight excluding hydrogens is 448 g/mol. The van der Waals surface area contributed by atoms with Crippen LogP contribution in [0.2, 0.25) is 0 Å². The van der Waals surface area contributed by atoms with Gasteiger partial charge in [-0.05, 0) is 99.1 Å². The van der Waals surface area contributed by atoms with Crippen molar-refractivity contribution in [3.63, 3.8) is 0 Å². The molecule has 1 heterocycles. The van der Waals surface area contributed by atoms with Crippen molar-refractivity contribution in [3.05, 3.63) is 54.1 Å². The number of nitrogens with one attached hydrogen (secondary N) is 2. The third kappa shape index (κ3) is 4.21. The van der Waals surface area contributed by atoms with E-state index in [1.165, 1.54) is 48.5 Å². The Morgan fingerprint density at radius 1 is 0.909 bits per heavy atom. The van der Waals surface area contributed by atoms with Crippen LogP contribution >= 0.6 is 0 Å². The van der Waals surface area contributed by atoms with E-state index in [1.54, 1.807) is 5.48 Å². The molecule has 2 fully saturated rings. The van der Waals surface area contributed by atoms with Gasteiger partial charge in [0.2, 0.25) is 0 Å². The quantitative estimate of drug-likeness (QED) is 0.370. The van der Waals surface area contributed by atoms with Crippen LogP contribution in [0.4, 0.5) is 0 Å². The molecule has 4 rings (SSSR count). The van der Waals surface area contributed by atoms with Crippen molar-refractivity contribution in [2.24, 2.45) is 5.41 Å². The molecule has 10 heteroatoms. The van der Waals surface area contributed by atoms with Crippen LogP contribution in [-0.4, -0.2) is 48.4 Å². The molecule has 9 nitrogen and oxygen atoms in total. The summed E-state index contributed by atoms with van der Waals surface area (Å²) < 4.78 is 31.3. The number of aromatic carboxylic acids is 1. The molecule has 4 N–H and O–H groups in total. The van der Waals surface area contributed by atoms with E-state index in [-0.39, 0.29) is 28.7 Å². The molecule has 1 atom stereocenters. The number of piperidine rings is 1. The van der Waals surface area contributed by atoms with E-state index in [1.807, 2.05) is 0 Å². The number of amides is 1. The minimum atomic E-state index is -4.11. The lowest BCUT2D eigenvalue weighted by Crippen LogP contribution is -2.51. The van der Waals surface area contributed by atoms with Gasteiger partial charge in [0.05, 0.1) is 10.5 Å². The van der Waals surface area contributed by atoms with Crippen molar-refractivity contribution in [1.82, 2.24) is 10.8 Å². The Bertz CT molecular complexity index is 1140. The van der Waals surface area contributed by atoms with Crippen LogP contribution in [0.15, 0.2) is 53.4 Å². The number of ether oxygens (including phenoxy) is 1. The average Bonchev–Trinajstić information content (AvgIpc) is 3.20. The number of hydrogen-bond donors (Lipinski definition) is 4. The van der Waals surface area contributed by atoms with Crippen LogP contribution in [-0.2, 0) is 14.6 Å². The van der Waals surface area contributed by atoms with Gasteiger partial charge >= 0.3 is 5.97 Å². The first-order valence-electron chi connectivity index (χ1n) is 10.7. The fourth-order valence-corrected chi connectivity index (χ4v) is 7.10. The van der Waals surface area contributed by atoms with E-state index in [2.05, 4.69) is 5.32 Å². The minimum absolute atomic E-state index is 0.0225. The summed E-state index contributed by atoms with van der Waals surface area (Å²) in [6, 6.07) is 11.6. The van der Waals surface area contributed by atoms with Crippen molar-refractivity contribution >= 4 is 21.7 Å². The van der Waals surface area contributed by atoms with E-state index < -0.39 is 26.5 Å². The van der Waals surface area contributed by atoms with Gasteiger partial charge in [-0.25, -0.2) is 18.7 Å². The maximum atomic E-state index is 13.7. The number of carboxylic acid groups (broad SMARTS) is 1. The Morgan fingerprint density at radius 2 is 1.48 bits per heavy atom. The molecule has 1 amide bonds. The van der Waals surface area contributed by atoms with Gasteiger partial charge in [0.15, 0.2) is 14.6 Å². The maximum absolute atomic E-state index is 13.7. The Labute approximate surface area is 191 Å². The zero-order valence-corrected chi connectivity index (χ0v) is 18.7. The minimum Gasteiger partial charge on any atom is -0.478 e.